The van der Waals surface area contributed by atoms with E-state index in [0.29, 0.717) is 0 Å². The molecule has 0 amide bonds. The van der Waals surface area contributed by atoms with Gasteiger partial charge in [0.25, 0.3) is 0 Å². The molecule has 0 fully saturated rings. The van der Waals surface area contributed by atoms with Crippen LogP contribution in [-0.2, 0) is 7.05 Å². The predicted octanol–water partition coefficient (Wildman–Crippen LogP) is 3.77. The summed E-state index contributed by atoms with van der Waals surface area (Å²) in [6.07, 6.45) is 1.83. The minimum Gasteiger partial charge on any atom is -0.333 e. The van der Waals surface area contributed by atoms with Gasteiger partial charge in [0.2, 0.25) is 0 Å². The van der Waals surface area contributed by atoms with Crippen LogP contribution in [0.25, 0.3) is 11.3 Å². The van der Waals surface area contributed by atoms with Gasteiger partial charge in [0.15, 0.2) is 0 Å². The Labute approximate surface area is 104 Å². The summed E-state index contributed by atoms with van der Waals surface area (Å²) in [4.78, 5) is 4.27. The first-order chi connectivity index (χ1) is 7.52. The lowest BCUT2D eigenvalue weighted by Crippen LogP contribution is -1.95. The summed E-state index contributed by atoms with van der Waals surface area (Å²) >= 11 is 3.50. The number of rotatable bonds is 1. The third-order valence-electron chi connectivity index (χ3n) is 3.21. The van der Waals surface area contributed by atoms with Crippen molar-refractivity contribution in [2.24, 2.45) is 7.05 Å². The standard InChI is InChI=1S/C13H15BrN2/c1-8-5-6-11(10(3)9(8)2)12-13(14)15-7-16(12)4/h5-7H,1-4H3. The van der Waals surface area contributed by atoms with Gasteiger partial charge in [-0.05, 0) is 53.4 Å². The van der Waals surface area contributed by atoms with E-state index >= 15 is 0 Å². The van der Waals surface area contributed by atoms with Crippen molar-refractivity contribution in [1.29, 1.82) is 0 Å². The predicted molar refractivity (Wildman–Crippen MR) is 70.6 cm³/mol. The summed E-state index contributed by atoms with van der Waals surface area (Å²) in [5.41, 5.74) is 6.39. The van der Waals surface area contributed by atoms with Crippen LogP contribution in [0.2, 0.25) is 0 Å². The second-order valence-electron chi connectivity index (χ2n) is 4.17. The molecule has 0 aliphatic carbocycles. The molecular weight excluding hydrogens is 264 g/mol. The summed E-state index contributed by atoms with van der Waals surface area (Å²) in [5.74, 6) is 0. The molecule has 2 rings (SSSR count). The lowest BCUT2D eigenvalue weighted by atomic mass is 9.97. The summed E-state index contributed by atoms with van der Waals surface area (Å²) < 4.78 is 2.95. The van der Waals surface area contributed by atoms with Gasteiger partial charge in [-0.15, -0.1) is 0 Å². The fourth-order valence-electron chi connectivity index (χ4n) is 1.92. The number of benzene rings is 1. The number of hydrogen-bond donors (Lipinski definition) is 0. The zero-order valence-electron chi connectivity index (χ0n) is 10.0. The number of aromatic nitrogens is 2. The van der Waals surface area contributed by atoms with Gasteiger partial charge < -0.3 is 4.57 Å². The molecule has 0 radical (unpaired) electrons. The fraction of sp³-hybridized carbons (Fsp3) is 0.308. The normalized spacial score (nSPS) is 10.8. The zero-order valence-corrected chi connectivity index (χ0v) is 11.6. The van der Waals surface area contributed by atoms with E-state index in [0.717, 1.165) is 10.3 Å². The number of aryl methyl sites for hydroxylation is 2. The number of halogens is 1. The van der Waals surface area contributed by atoms with Crippen molar-refractivity contribution in [3.05, 3.63) is 39.8 Å². The Hall–Kier alpha value is -1.09. The molecule has 1 aromatic carbocycles. The van der Waals surface area contributed by atoms with Gasteiger partial charge in [0.1, 0.15) is 4.60 Å². The summed E-state index contributed by atoms with van der Waals surface area (Å²) in [6.45, 7) is 6.47. The van der Waals surface area contributed by atoms with Gasteiger partial charge in [0.05, 0.1) is 12.0 Å². The first kappa shape index (κ1) is 11.4. The highest BCUT2D eigenvalue weighted by molar-refractivity contribution is 9.10. The Morgan fingerprint density at radius 3 is 2.38 bits per heavy atom. The Morgan fingerprint density at radius 2 is 1.81 bits per heavy atom. The number of hydrogen-bond acceptors (Lipinski definition) is 1. The van der Waals surface area contributed by atoms with Crippen LogP contribution in [0, 0.1) is 20.8 Å². The van der Waals surface area contributed by atoms with Gasteiger partial charge in [-0.2, -0.15) is 0 Å². The Balaban J connectivity index is 2.71. The fourth-order valence-corrected chi connectivity index (χ4v) is 2.50. The molecule has 3 heteroatoms. The first-order valence-electron chi connectivity index (χ1n) is 5.26. The van der Waals surface area contributed by atoms with Crippen LogP contribution < -0.4 is 0 Å². The number of imidazole rings is 1. The molecule has 2 nitrogen and oxygen atoms in total. The Kier molecular flexibility index (Phi) is 2.89. The Morgan fingerprint density at radius 1 is 1.12 bits per heavy atom. The third kappa shape index (κ3) is 1.69. The van der Waals surface area contributed by atoms with Crippen molar-refractivity contribution in [3.63, 3.8) is 0 Å². The molecule has 0 aliphatic rings. The molecule has 0 unspecified atom stereocenters. The molecular formula is C13H15BrN2. The van der Waals surface area contributed by atoms with Crippen LogP contribution in [0.15, 0.2) is 23.1 Å². The third-order valence-corrected chi connectivity index (χ3v) is 3.79. The van der Waals surface area contributed by atoms with Crippen LogP contribution in [0.4, 0.5) is 0 Å². The van der Waals surface area contributed by atoms with Crippen molar-refractivity contribution in [2.45, 2.75) is 20.8 Å². The maximum absolute atomic E-state index is 4.27. The largest absolute Gasteiger partial charge is 0.333 e. The van der Waals surface area contributed by atoms with Crippen LogP contribution >= 0.6 is 15.9 Å². The van der Waals surface area contributed by atoms with Gasteiger partial charge in [-0.1, -0.05) is 12.1 Å². The summed E-state index contributed by atoms with van der Waals surface area (Å²) in [5, 5.41) is 0. The van der Waals surface area contributed by atoms with Crippen LogP contribution in [0.1, 0.15) is 16.7 Å². The van der Waals surface area contributed by atoms with E-state index < -0.39 is 0 Å². The summed E-state index contributed by atoms with van der Waals surface area (Å²) in [7, 11) is 2.02. The van der Waals surface area contributed by atoms with E-state index in [1.807, 2.05) is 17.9 Å². The second kappa shape index (κ2) is 4.06. The SMILES string of the molecule is Cc1ccc(-c2c(Br)ncn2C)c(C)c1C. The van der Waals surface area contributed by atoms with Crippen LogP contribution in [-0.4, -0.2) is 9.55 Å². The lowest BCUT2D eigenvalue weighted by molar-refractivity contribution is 0.919. The van der Waals surface area contributed by atoms with Gasteiger partial charge in [0, 0.05) is 12.6 Å². The second-order valence-corrected chi connectivity index (χ2v) is 4.93. The van der Waals surface area contributed by atoms with Gasteiger partial charge >= 0.3 is 0 Å². The minimum atomic E-state index is 0.904. The maximum atomic E-state index is 4.27. The van der Waals surface area contributed by atoms with Crippen molar-refractivity contribution in [1.82, 2.24) is 9.55 Å². The molecule has 0 saturated carbocycles. The maximum Gasteiger partial charge on any atom is 0.132 e. The lowest BCUT2D eigenvalue weighted by Gasteiger charge is -2.12. The van der Waals surface area contributed by atoms with E-state index in [2.05, 4.69) is 53.8 Å². The quantitative estimate of drug-likeness (QED) is 0.777. The van der Waals surface area contributed by atoms with E-state index in [9.17, 15) is 0 Å². The highest BCUT2D eigenvalue weighted by Gasteiger charge is 2.12. The molecule has 0 saturated heterocycles. The van der Waals surface area contributed by atoms with Crippen LogP contribution in [0.5, 0.6) is 0 Å². The molecule has 16 heavy (non-hydrogen) atoms. The van der Waals surface area contributed by atoms with Crippen molar-refractivity contribution in [2.75, 3.05) is 0 Å². The van der Waals surface area contributed by atoms with Crippen molar-refractivity contribution < 1.29 is 0 Å². The molecule has 84 valence electrons. The highest BCUT2D eigenvalue weighted by atomic mass is 79.9. The van der Waals surface area contributed by atoms with E-state index in [1.165, 1.54) is 22.3 Å². The van der Waals surface area contributed by atoms with E-state index in [4.69, 9.17) is 0 Å². The molecule has 0 atom stereocenters. The molecule has 0 bridgehead atoms. The monoisotopic (exact) mass is 278 g/mol. The molecule has 0 aliphatic heterocycles. The minimum absolute atomic E-state index is 0.904. The number of nitrogens with zero attached hydrogens (tertiary/aromatic N) is 2. The average Bonchev–Trinajstić information content (AvgIpc) is 2.57. The van der Waals surface area contributed by atoms with E-state index in [1.54, 1.807) is 0 Å². The first-order valence-corrected chi connectivity index (χ1v) is 6.05. The Bertz CT molecular complexity index is 522. The van der Waals surface area contributed by atoms with Crippen LogP contribution in [0.3, 0.4) is 0 Å². The molecule has 0 spiro atoms. The molecule has 1 heterocycles. The van der Waals surface area contributed by atoms with Gasteiger partial charge in [-0.3, -0.25) is 0 Å². The van der Waals surface area contributed by atoms with Crippen molar-refractivity contribution >= 4 is 15.9 Å². The molecule has 2 aromatic rings. The summed E-state index contributed by atoms with van der Waals surface area (Å²) in [6, 6.07) is 4.33. The van der Waals surface area contributed by atoms with Gasteiger partial charge in [-0.25, -0.2) is 4.98 Å². The molecule has 1 aromatic heterocycles. The van der Waals surface area contributed by atoms with E-state index in [-0.39, 0.29) is 0 Å². The van der Waals surface area contributed by atoms with Crippen molar-refractivity contribution in [3.8, 4) is 11.3 Å². The topological polar surface area (TPSA) is 17.8 Å². The zero-order chi connectivity index (χ0) is 11.9. The molecule has 0 N–H and O–H groups in total. The average molecular weight is 279 g/mol. The smallest absolute Gasteiger partial charge is 0.132 e. The highest BCUT2D eigenvalue weighted by Crippen LogP contribution is 2.31.